The highest BCUT2D eigenvalue weighted by Gasteiger charge is 2.27. The molecule has 1 amide bonds. The molecule has 1 unspecified atom stereocenters. The van der Waals surface area contributed by atoms with Gasteiger partial charge in [-0.05, 0) is 36.1 Å². The average Bonchev–Trinajstić information content (AvgIpc) is 3.12. The summed E-state index contributed by atoms with van der Waals surface area (Å²) in [7, 11) is 0. The topological polar surface area (TPSA) is 69.0 Å². The lowest BCUT2D eigenvalue weighted by Gasteiger charge is -2.24. The Kier molecular flexibility index (Phi) is 4.96. The lowest BCUT2D eigenvalue weighted by Crippen LogP contribution is -2.24. The van der Waals surface area contributed by atoms with Gasteiger partial charge in [0.1, 0.15) is 6.10 Å². The summed E-state index contributed by atoms with van der Waals surface area (Å²) in [5.41, 5.74) is 5.27. The number of carbonyl (C=O) groups is 1. The smallest absolute Gasteiger partial charge is 0.278 e. The summed E-state index contributed by atoms with van der Waals surface area (Å²) in [6, 6.07) is 16.1. The van der Waals surface area contributed by atoms with Gasteiger partial charge in [0.2, 0.25) is 0 Å². The molecule has 1 atom stereocenters. The number of aryl methyl sites for hydroxylation is 1. The van der Waals surface area contributed by atoms with Gasteiger partial charge in [0.25, 0.3) is 5.91 Å². The Hall–Kier alpha value is -2.99. The van der Waals surface area contributed by atoms with Gasteiger partial charge >= 0.3 is 0 Å². The minimum Gasteiger partial charge on any atom is -0.365 e. The molecule has 0 saturated carbocycles. The fraction of sp³-hybridized carbons (Fsp3) is 0.318. The van der Waals surface area contributed by atoms with E-state index in [1.165, 1.54) is 11.1 Å². The Labute approximate surface area is 164 Å². The van der Waals surface area contributed by atoms with E-state index < -0.39 is 0 Å². The van der Waals surface area contributed by atoms with Crippen molar-refractivity contribution in [2.75, 3.05) is 5.32 Å². The maximum absolute atomic E-state index is 12.7. The predicted octanol–water partition coefficient (Wildman–Crippen LogP) is 4.23. The molecule has 0 aliphatic carbocycles. The Morgan fingerprint density at radius 2 is 2.00 bits per heavy atom. The molecule has 2 heterocycles. The first-order valence-corrected chi connectivity index (χ1v) is 9.53. The predicted molar refractivity (Wildman–Crippen MR) is 107 cm³/mol. The normalized spacial score (nSPS) is 16.1. The monoisotopic (exact) mass is 376 g/mol. The second-order valence-electron chi connectivity index (χ2n) is 7.51. The number of nitrogens with one attached hydrogen (secondary N) is 1. The highest BCUT2D eigenvalue weighted by molar-refractivity contribution is 6.03. The Bertz CT molecular complexity index is 992. The summed E-state index contributed by atoms with van der Waals surface area (Å²) in [5.74, 6) is 0.130. The van der Waals surface area contributed by atoms with Crippen molar-refractivity contribution < 1.29 is 9.53 Å². The van der Waals surface area contributed by atoms with Gasteiger partial charge in [0, 0.05) is 5.69 Å². The summed E-state index contributed by atoms with van der Waals surface area (Å²) in [5, 5.41) is 11.2. The van der Waals surface area contributed by atoms with Crippen LogP contribution < -0.4 is 5.32 Å². The first-order chi connectivity index (χ1) is 13.5. The third-order valence-electron chi connectivity index (χ3n) is 5.07. The van der Waals surface area contributed by atoms with Gasteiger partial charge in [-0.25, -0.2) is 4.68 Å². The van der Waals surface area contributed by atoms with Crippen LogP contribution in [0.5, 0.6) is 0 Å². The van der Waals surface area contributed by atoms with Crippen LogP contribution in [0.15, 0.2) is 48.5 Å². The molecule has 6 nitrogen and oxygen atoms in total. The molecule has 6 heteroatoms. The maximum atomic E-state index is 12.7. The van der Waals surface area contributed by atoms with Gasteiger partial charge in [-0.15, -0.1) is 5.10 Å². The SMILES string of the molecule is Cc1ccc(C2Cn3nnc(C(=O)Nc4cccc(C(C)C)c4)c3CO2)cc1. The highest BCUT2D eigenvalue weighted by Crippen LogP contribution is 2.27. The van der Waals surface area contributed by atoms with Crippen LogP contribution in [0.25, 0.3) is 0 Å². The van der Waals surface area contributed by atoms with E-state index in [9.17, 15) is 4.79 Å². The molecule has 28 heavy (non-hydrogen) atoms. The van der Waals surface area contributed by atoms with Crippen molar-refractivity contribution >= 4 is 11.6 Å². The van der Waals surface area contributed by atoms with Crippen LogP contribution in [0.4, 0.5) is 5.69 Å². The van der Waals surface area contributed by atoms with Crippen LogP contribution in [-0.2, 0) is 17.9 Å². The number of amides is 1. The van der Waals surface area contributed by atoms with Crippen molar-refractivity contribution in [3.8, 4) is 0 Å². The van der Waals surface area contributed by atoms with Gasteiger partial charge < -0.3 is 10.1 Å². The van der Waals surface area contributed by atoms with Gasteiger partial charge in [-0.3, -0.25) is 4.79 Å². The molecule has 3 aromatic rings. The van der Waals surface area contributed by atoms with Crippen molar-refractivity contribution in [2.45, 2.75) is 45.9 Å². The van der Waals surface area contributed by atoms with Crippen LogP contribution in [0.2, 0.25) is 0 Å². The second kappa shape index (κ2) is 7.56. The summed E-state index contributed by atoms with van der Waals surface area (Å²) in [6.07, 6.45) is -0.0894. The zero-order valence-corrected chi connectivity index (χ0v) is 16.3. The maximum Gasteiger partial charge on any atom is 0.278 e. The molecule has 1 N–H and O–H groups in total. The quantitative estimate of drug-likeness (QED) is 0.740. The molecule has 0 radical (unpaired) electrons. The van der Waals surface area contributed by atoms with Gasteiger partial charge in [-0.1, -0.05) is 61.0 Å². The third kappa shape index (κ3) is 3.68. The number of hydrogen-bond donors (Lipinski definition) is 1. The van der Waals surface area contributed by atoms with Gasteiger partial charge in [0.15, 0.2) is 5.69 Å². The lowest BCUT2D eigenvalue weighted by molar-refractivity contribution is -0.00171. The number of fused-ring (bicyclic) bond motifs is 1. The van der Waals surface area contributed by atoms with Gasteiger partial charge in [0.05, 0.1) is 18.8 Å². The molecule has 0 fully saturated rings. The molecule has 1 aliphatic heterocycles. The average molecular weight is 376 g/mol. The van der Waals surface area contributed by atoms with Crippen molar-refractivity contribution in [1.29, 1.82) is 0 Å². The molecule has 144 valence electrons. The fourth-order valence-electron chi connectivity index (χ4n) is 3.34. The number of rotatable bonds is 4. The number of aromatic nitrogens is 3. The molecule has 2 aromatic carbocycles. The number of nitrogens with zero attached hydrogens (tertiary/aromatic N) is 3. The first-order valence-electron chi connectivity index (χ1n) is 9.53. The number of carbonyl (C=O) groups excluding carboxylic acids is 1. The number of benzene rings is 2. The highest BCUT2D eigenvalue weighted by atomic mass is 16.5. The van der Waals surface area contributed by atoms with Crippen molar-refractivity contribution in [2.24, 2.45) is 0 Å². The van der Waals surface area contributed by atoms with Crippen LogP contribution in [0.1, 0.15) is 58.7 Å². The number of hydrogen-bond acceptors (Lipinski definition) is 4. The van der Waals surface area contributed by atoms with E-state index >= 15 is 0 Å². The van der Waals surface area contributed by atoms with Crippen molar-refractivity contribution in [1.82, 2.24) is 15.0 Å². The van der Waals surface area contributed by atoms with E-state index in [1.807, 2.05) is 18.2 Å². The number of ether oxygens (including phenoxy) is 1. The van der Waals surface area contributed by atoms with Crippen LogP contribution in [0, 0.1) is 6.92 Å². The molecule has 0 spiro atoms. The number of anilines is 1. The fourth-order valence-corrected chi connectivity index (χ4v) is 3.34. The minimum atomic E-state index is -0.264. The van der Waals surface area contributed by atoms with Crippen LogP contribution in [0.3, 0.4) is 0 Å². The third-order valence-corrected chi connectivity index (χ3v) is 5.07. The molecular weight excluding hydrogens is 352 g/mol. The zero-order valence-electron chi connectivity index (χ0n) is 16.3. The molecule has 0 bridgehead atoms. The molecule has 0 saturated heterocycles. The van der Waals surface area contributed by atoms with Gasteiger partial charge in [-0.2, -0.15) is 0 Å². The summed E-state index contributed by atoms with van der Waals surface area (Å²) >= 11 is 0. The van der Waals surface area contributed by atoms with E-state index in [1.54, 1.807) is 4.68 Å². The van der Waals surface area contributed by atoms with E-state index in [0.717, 1.165) is 11.3 Å². The molecule has 4 rings (SSSR count). The standard InChI is InChI=1S/C22H24N4O2/c1-14(2)17-5-4-6-18(11-17)23-22(27)21-19-13-28-20(12-26(19)25-24-21)16-9-7-15(3)8-10-16/h4-11,14,20H,12-13H2,1-3H3,(H,23,27). The molecule has 1 aliphatic rings. The van der Waals surface area contributed by atoms with Crippen LogP contribution >= 0.6 is 0 Å². The second-order valence-corrected chi connectivity index (χ2v) is 7.51. The van der Waals surface area contributed by atoms with E-state index in [4.69, 9.17) is 4.74 Å². The zero-order chi connectivity index (χ0) is 19.7. The summed E-state index contributed by atoms with van der Waals surface area (Å²) in [6.45, 7) is 7.15. The Morgan fingerprint density at radius 3 is 2.75 bits per heavy atom. The summed E-state index contributed by atoms with van der Waals surface area (Å²) in [4.78, 5) is 12.7. The largest absolute Gasteiger partial charge is 0.365 e. The van der Waals surface area contributed by atoms with Crippen molar-refractivity contribution in [3.63, 3.8) is 0 Å². The van der Waals surface area contributed by atoms with E-state index in [0.29, 0.717) is 30.5 Å². The molecular formula is C22H24N4O2. The Balaban J connectivity index is 1.50. The summed E-state index contributed by atoms with van der Waals surface area (Å²) < 4.78 is 7.77. The van der Waals surface area contributed by atoms with Crippen molar-refractivity contribution in [3.05, 3.63) is 76.6 Å². The minimum absolute atomic E-state index is 0.0894. The first kappa shape index (κ1) is 18.4. The van der Waals surface area contributed by atoms with E-state index in [2.05, 4.69) is 66.7 Å². The van der Waals surface area contributed by atoms with Crippen LogP contribution in [-0.4, -0.2) is 20.9 Å². The Morgan fingerprint density at radius 1 is 1.21 bits per heavy atom. The van der Waals surface area contributed by atoms with E-state index in [-0.39, 0.29) is 12.0 Å². The molecule has 1 aromatic heterocycles. The lowest BCUT2D eigenvalue weighted by atomic mass is 10.0.